The van der Waals surface area contributed by atoms with E-state index in [1.165, 1.54) is 26.3 Å². The van der Waals surface area contributed by atoms with Crippen LogP contribution in [0, 0.1) is 35.3 Å². The first-order valence-electron chi connectivity index (χ1n) is 32.3. The molecule has 5 amide bonds. The number of nitrogens with zero attached hydrogens (tertiary/aromatic N) is 3. The van der Waals surface area contributed by atoms with Crippen LogP contribution in [0.3, 0.4) is 0 Å². The molecule has 0 unspecified atom stereocenters. The van der Waals surface area contributed by atoms with E-state index < -0.39 is 118 Å². The van der Waals surface area contributed by atoms with E-state index in [-0.39, 0.29) is 102 Å². The summed E-state index contributed by atoms with van der Waals surface area (Å²) in [5.41, 5.74) is -0.681. The van der Waals surface area contributed by atoms with E-state index in [1.807, 2.05) is 24.3 Å². The summed E-state index contributed by atoms with van der Waals surface area (Å²) in [6.45, 7) is 15.6. The van der Waals surface area contributed by atoms with E-state index in [2.05, 4.69) is 10.6 Å². The number of esters is 4. The fraction of sp³-hybridized carbons (Fsp3) is 0.632. The molecule has 3 N–H and O–H groups in total. The maximum absolute atomic E-state index is 14.3. The third kappa shape index (κ3) is 19.1. The molecule has 2 aromatic carbocycles. The van der Waals surface area contributed by atoms with Gasteiger partial charge in [-0.05, 0) is 142 Å². The van der Waals surface area contributed by atoms with Crippen LogP contribution in [0.2, 0.25) is 0 Å². The first-order chi connectivity index (χ1) is 43.6. The van der Waals surface area contributed by atoms with Crippen molar-refractivity contribution in [1.29, 1.82) is 0 Å². The van der Waals surface area contributed by atoms with Gasteiger partial charge in [-0.2, -0.15) is 0 Å². The Morgan fingerprint density at radius 3 is 1.61 bits per heavy atom. The molecule has 93 heavy (non-hydrogen) atoms. The molecule has 10 rings (SSSR count). The summed E-state index contributed by atoms with van der Waals surface area (Å²) < 4.78 is 65.9. The minimum absolute atomic E-state index is 0. The van der Waals surface area contributed by atoms with E-state index in [0.717, 1.165) is 24.8 Å². The van der Waals surface area contributed by atoms with Crippen LogP contribution in [0.1, 0.15) is 148 Å². The molecule has 10 atom stereocenters. The molecule has 25 heteroatoms. The Kier molecular flexibility index (Phi) is 25.2. The number of aliphatic hydroxyl groups is 1. The van der Waals surface area contributed by atoms with E-state index >= 15 is 0 Å². The average Bonchev–Trinajstić information content (AvgIpc) is 1.59. The molecule has 0 spiro atoms. The van der Waals surface area contributed by atoms with Crippen LogP contribution in [-0.2, 0) is 97.4 Å². The number of carbonyl (C=O) groups is 9. The molecule has 3 aliphatic carbocycles. The number of rotatable bonds is 9. The molecule has 8 aliphatic rings. The van der Waals surface area contributed by atoms with Gasteiger partial charge in [-0.15, -0.1) is 12.4 Å². The van der Waals surface area contributed by atoms with Crippen LogP contribution >= 0.6 is 12.4 Å². The largest absolute Gasteiger partial charge is 0.464 e. The number of aliphatic hydroxyl groups excluding tert-OH is 1. The number of amides is 5. The van der Waals surface area contributed by atoms with Crippen LogP contribution in [-0.4, -0.2) is 173 Å². The highest BCUT2D eigenvalue weighted by Crippen LogP contribution is 2.47. The predicted octanol–water partition coefficient (Wildman–Crippen LogP) is 7.24. The summed E-state index contributed by atoms with van der Waals surface area (Å²) in [6, 6.07) is 7.98. The topological polar surface area (TPSA) is 272 Å². The highest BCUT2D eigenvalue weighted by atomic mass is 35.5. The van der Waals surface area contributed by atoms with Crippen molar-refractivity contribution in [2.45, 2.75) is 199 Å². The van der Waals surface area contributed by atoms with Crippen LogP contribution in [0.5, 0.6) is 0 Å². The van der Waals surface area contributed by atoms with Gasteiger partial charge in [0.15, 0.2) is 0 Å². The van der Waals surface area contributed by atoms with Crippen LogP contribution in [0.25, 0.3) is 0 Å². The summed E-state index contributed by atoms with van der Waals surface area (Å²) in [6.07, 6.45) is 10.0. The van der Waals surface area contributed by atoms with Crippen LogP contribution in [0.15, 0.2) is 60.7 Å². The number of nitrogens with one attached hydrogen (secondary N) is 2. The van der Waals surface area contributed by atoms with Crippen molar-refractivity contribution in [3.05, 3.63) is 94.6 Å². The van der Waals surface area contributed by atoms with Crippen molar-refractivity contribution < 1.29 is 90.2 Å². The lowest BCUT2D eigenvalue weighted by atomic mass is 9.97. The molecular weight excluding hydrogens is 1230 g/mol. The molecule has 0 bridgehead atoms. The van der Waals surface area contributed by atoms with Crippen molar-refractivity contribution in [3.8, 4) is 0 Å². The van der Waals surface area contributed by atoms with Crippen molar-refractivity contribution in [3.63, 3.8) is 0 Å². The van der Waals surface area contributed by atoms with Gasteiger partial charge in [0.1, 0.15) is 52.1 Å². The molecule has 0 aromatic heterocycles. The van der Waals surface area contributed by atoms with Gasteiger partial charge < -0.3 is 58.7 Å². The highest BCUT2D eigenvalue weighted by Gasteiger charge is 2.63. The second kappa shape index (κ2) is 31.9. The first-order valence-corrected chi connectivity index (χ1v) is 32.3. The predicted molar refractivity (Wildman–Crippen MR) is 335 cm³/mol. The molecule has 2 saturated heterocycles. The number of fused-ring (bicyclic) bond motifs is 6. The van der Waals surface area contributed by atoms with Crippen LogP contribution in [0.4, 0.5) is 13.6 Å². The third-order valence-corrected chi connectivity index (χ3v) is 17.5. The lowest BCUT2D eigenvalue weighted by Crippen LogP contribution is -2.54. The van der Waals surface area contributed by atoms with Gasteiger partial charge in [0.25, 0.3) is 0 Å². The van der Waals surface area contributed by atoms with Gasteiger partial charge in [-0.1, -0.05) is 48.6 Å². The number of hydrogen-bond acceptors (Lipinski definition) is 17. The third-order valence-electron chi connectivity index (χ3n) is 17.5. The number of benzene rings is 2. The molecule has 512 valence electrons. The Bertz CT molecular complexity index is 3120. The SMILES string of the molecule is CCOC(=O)[C@@]12C[C@H]1/C=C\COCCC[C@H](CC(=O)OC(C)(C)C)C(=O)N1C[C@H](O)C[C@H]1C(=O)N2.CCOC(=O)[C@@]12C[C@H]1/C=C\COCCC[C@H](CC(=O)OC(C)(C)C)C(=O)N1C[C@H](OC(=O)N3Cc4cccc(F)c4C3)C[C@H]1C(=O)N2.Cl.Fc1cccc2c1CCC2. The van der Waals surface area contributed by atoms with Crippen molar-refractivity contribution in [1.82, 2.24) is 25.3 Å². The number of hydrogen-bond donors (Lipinski definition) is 3. The Morgan fingerprint density at radius 1 is 0.645 bits per heavy atom. The monoisotopic (exact) mass is 1320 g/mol. The van der Waals surface area contributed by atoms with Crippen LogP contribution < -0.4 is 10.6 Å². The highest BCUT2D eigenvalue weighted by molar-refractivity contribution is 5.97. The number of carbonyl (C=O) groups excluding carboxylic acids is 9. The minimum atomic E-state index is -1.30. The van der Waals surface area contributed by atoms with Crippen molar-refractivity contribution in [2.75, 3.05) is 52.7 Å². The number of halogens is 3. The van der Waals surface area contributed by atoms with Gasteiger partial charge in [-0.3, -0.25) is 33.7 Å². The summed E-state index contributed by atoms with van der Waals surface area (Å²) in [5.74, 6) is -6.64. The zero-order valence-corrected chi connectivity index (χ0v) is 55.5. The molecule has 5 heterocycles. The second-order valence-corrected chi connectivity index (χ2v) is 26.9. The molecule has 5 aliphatic heterocycles. The maximum Gasteiger partial charge on any atom is 0.410 e. The average molecular weight is 1320 g/mol. The van der Waals surface area contributed by atoms with Crippen molar-refractivity contribution in [2.24, 2.45) is 23.7 Å². The van der Waals surface area contributed by atoms with Crippen molar-refractivity contribution >= 4 is 66.0 Å². The molecule has 2 aromatic rings. The number of aryl methyl sites for hydroxylation is 1. The summed E-state index contributed by atoms with van der Waals surface area (Å²) in [7, 11) is 0. The molecule has 0 radical (unpaired) electrons. The summed E-state index contributed by atoms with van der Waals surface area (Å²) in [5, 5.41) is 16.0. The molecule has 2 saturated carbocycles. The fourth-order valence-corrected chi connectivity index (χ4v) is 12.9. The Hall–Kier alpha value is -7.02. The maximum atomic E-state index is 14.3. The van der Waals surface area contributed by atoms with Gasteiger partial charge >= 0.3 is 30.0 Å². The Labute approximate surface area is 548 Å². The first kappa shape index (κ1) is 73.4. The lowest BCUT2D eigenvalue weighted by molar-refractivity contribution is -0.159. The fourth-order valence-electron chi connectivity index (χ4n) is 12.9. The number of ether oxygens (including phenoxy) is 7. The smallest absolute Gasteiger partial charge is 0.410 e. The van der Waals surface area contributed by atoms with E-state index in [4.69, 9.17) is 33.2 Å². The lowest BCUT2D eigenvalue weighted by Gasteiger charge is -2.29. The summed E-state index contributed by atoms with van der Waals surface area (Å²) in [4.78, 5) is 124. The quantitative estimate of drug-likeness (QED) is 0.127. The van der Waals surface area contributed by atoms with E-state index in [9.17, 15) is 57.0 Å². The summed E-state index contributed by atoms with van der Waals surface area (Å²) >= 11 is 0. The standard InChI is InChI=1S/C34H44FN3O9.C25H38N2O8.C9H9F.ClH/c1-5-45-31(42)34-17-23(34)11-8-14-44-13-7-10-21(15-28(39)47-33(2,3)4)30(41)38-19-24(16-27(38)29(40)36-34)46-32(43)37-18-22-9-6-12-26(35)25(22)20-37;1-5-34-23(32)25-14-17(25)9-7-11-33-10-6-8-16(12-20(29)35-24(2,3)4)22(31)27-15-18(28)13-19(27)21(30)26-25;10-9-6-2-4-7-3-1-5-8(7)9;/h6,8-9,11-12,21,23-24,27H,5,7,10,13-20H2,1-4H3,(H,36,40);7,9,16-19,28H,5-6,8,10-15H2,1-4H3,(H,26,30);2,4,6H,1,3,5H2;1H/b11-8-;9-7-;;/t21-,23-,24-,27+,34-;16-,17-,18-,19+,25-;;/m11../s1. The normalized spacial score (nSPS) is 28.4. The van der Waals surface area contributed by atoms with Gasteiger partial charge in [-0.25, -0.2) is 23.2 Å². The van der Waals surface area contributed by atoms with Gasteiger partial charge in [0, 0.05) is 68.4 Å². The molecule has 22 nitrogen and oxygen atoms in total. The van der Waals surface area contributed by atoms with E-state index in [0.29, 0.717) is 69.5 Å². The van der Waals surface area contributed by atoms with Gasteiger partial charge in [0.05, 0.1) is 58.5 Å². The second-order valence-electron chi connectivity index (χ2n) is 26.9. The minimum Gasteiger partial charge on any atom is -0.464 e. The van der Waals surface area contributed by atoms with E-state index in [1.54, 1.807) is 85.7 Å². The zero-order valence-electron chi connectivity index (χ0n) is 54.6. The Morgan fingerprint density at radius 2 is 1.13 bits per heavy atom. The molecular formula is C68H92ClF2N5O17. The zero-order chi connectivity index (χ0) is 66.7. The van der Waals surface area contributed by atoms with Gasteiger partial charge in [0.2, 0.25) is 23.6 Å². The molecule has 4 fully saturated rings. The Balaban J connectivity index is 0.000000233.